The number of nitrogens with one attached hydrogen (secondary N) is 1. The molecule has 9 nitrogen and oxygen atoms in total. The van der Waals surface area contributed by atoms with Gasteiger partial charge in [-0.15, -0.1) is 11.3 Å². The maximum atomic E-state index is 13.9. The van der Waals surface area contributed by atoms with E-state index in [-0.39, 0.29) is 25.0 Å². The van der Waals surface area contributed by atoms with E-state index >= 15 is 0 Å². The number of hydrogen-bond donors (Lipinski definition) is 2. The van der Waals surface area contributed by atoms with Gasteiger partial charge in [0.25, 0.3) is 0 Å². The van der Waals surface area contributed by atoms with E-state index in [0.29, 0.717) is 58.5 Å². The molecule has 0 aliphatic carbocycles. The summed E-state index contributed by atoms with van der Waals surface area (Å²) in [6.07, 6.45) is 1.67. The van der Waals surface area contributed by atoms with Crippen LogP contribution in [0.4, 0.5) is 4.39 Å². The summed E-state index contributed by atoms with van der Waals surface area (Å²) in [5.41, 5.74) is 1.50. The molecule has 4 rings (SSSR count). The average Bonchev–Trinajstić information content (AvgIpc) is 3.39. The van der Waals surface area contributed by atoms with E-state index in [4.69, 9.17) is 14.5 Å². The van der Waals surface area contributed by atoms with Gasteiger partial charge in [0, 0.05) is 47.3 Å². The second-order valence-corrected chi connectivity index (χ2v) is 10.6. The molecule has 2 aliphatic heterocycles. The standard InChI is InChI=1S/C25H28BrFN4O5S/c1-3-36-25(34)21-18(12-31-7-8-35-13-19(31)14(2)10-20(32)33)29-23(24-28-6-9-37-24)30-22(21)16-5-4-15(27)11-17(16)26/h4-6,9,11,14,19,22H,3,7-8,10,12-13H2,1-2H3,(H,29,30)(H,32,33)/t14?,19-,22-/m0/s1. The number of morpholine rings is 1. The Labute approximate surface area is 226 Å². The Bertz CT molecular complexity index is 1210. The number of aromatic nitrogens is 1. The zero-order chi connectivity index (χ0) is 26.5. The molecule has 3 atom stereocenters. The number of hydrogen-bond acceptors (Lipinski definition) is 9. The minimum atomic E-state index is -0.875. The van der Waals surface area contributed by atoms with Gasteiger partial charge in [-0.2, -0.15) is 0 Å². The molecule has 2 aliphatic rings. The number of ether oxygens (including phenoxy) is 2. The lowest BCUT2D eigenvalue weighted by atomic mass is 9.93. The van der Waals surface area contributed by atoms with Gasteiger partial charge >= 0.3 is 11.9 Å². The van der Waals surface area contributed by atoms with Crippen LogP contribution in [0.3, 0.4) is 0 Å². The number of aliphatic carboxylic acids is 1. The van der Waals surface area contributed by atoms with Crippen LogP contribution in [0, 0.1) is 11.7 Å². The highest BCUT2D eigenvalue weighted by atomic mass is 79.9. The van der Waals surface area contributed by atoms with Gasteiger partial charge in [-0.3, -0.25) is 14.7 Å². The minimum absolute atomic E-state index is 0.00128. The van der Waals surface area contributed by atoms with E-state index in [1.807, 2.05) is 12.3 Å². The quantitative estimate of drug-likeness (QED) is 0.422. The monoisotopic (exact) mass is 594 g/mol. The van der Waals surface area contributed by atoms with Crippen LogP contribution >= 0.6 is 27.3 Å². The van der Waals surface area contributed by atoms with Crippen molar-refractivity contribution in [3.63, 3.8) is 0 Å². The van der Waals surface area contributed by atoms with Crippen molar-refractivity contribution in [1.29, 1.82) is 0 Å². The van der Waals surface area contributed by atoms with Crippen LogP contribution in [-0.4, -0.2) is 71.7 Å². The van der Waals surface area contributed by atoms with Crippen molar-refractivity contribution in [3.05, 3.63) is 61.9 Å². The fraction of sp³-hybridized carbons (Fsp3) is 0.440. The summed E-state index contributed by atoms with van der Waals surface area (Å²) in [4.78, 5) is 36.1. The zero-order valence-electron chi connectivity index (χ0n) is 20.4. The molecular weight excluding hydrogens is 567 g/mol. The van der Waals surface area contributed by atoms with Gasteiger partial charge in [0.2, 0.25) is 0 Å². The van der Waals surface area contributed by atoms with Crippen LogP contribution in [0.5, 0.6) is 0 Å². The van der Waals surface area contributed by atoms with E-state index in [9.17, 15) is 19.1 Å². The Morgan fingerprint density at radius 3 is 2.92 bits per heavy atom. The molecule has 198 valence electrons. The molecule has 1 aromatic carbocycles. The average molecular weight is 595 g/mol. The fourth-order valence-corrected chi connectivity index (χ4v) is 5.71. The number of carbonyl (C=O) groups is 2. The summed E-state index contributed by atoms with van der Waals surface area (Å²) in [5, 5.41) is 15.1. The zero-order valence-corrected chi connectivity index (χ0v) is 22.8. The molecule has 0 spiro atoms. The van der Waals surface area contributed by atoms with Crippen molar-refractivity contribution in [3.8, 4) is 0 Å². The van der Waals surface area contributed by atoms with Gasteiger partial charge in [-0.25, -0.2) is 14.2 Å². The highest BCUT2D eigenvalue weighted by molar-refractivity contribution is 9.10. The predicted octanol–water partition coefficient (Wildman–Crippen LogP) is 3.76. The molecule has 2 N–H and O–H groups in total. The third kappa shape index (κ3) is 6.43. The van der Waals surface area contributed by atoms with E-state index in [1.54, 1.807) is 19.2 Å². The van der Waals surface area contributed by atoms with Crippen molar-refractivity contribution in [1.82, 2.24) is 15.2 Å². The Kier molecular flexibility index (Phi) is 9.06. The number of carbonyl (C=O) groups excluding carboxylic acids is 1. The Morgan fingerprint density at radius 1 is 1.43 bits per heavy atom. The lowest BCUT2D eigenvalue weighted by molar-refractivity contribution is -0.139. The third-order valence-corrected chi connectivity index (χ3v) is 7.78. The van der Waals surface area contributed by atoms with E-state index in [1.165, 1.54) is 23.5 Å². The maximum Gasteiger partial charge on any atom is 0.338 e. The lowest BCUT2D eigenvalue weighted by Crippen LogP contribution is -2.51. The molecule has 0 saturated carbocycles. The Balaban J connectivity index is 1.79. The molecule has 0 bridgehead atoms. The first-order valence-corrected chi connectivity index (χ1v) is 13.6. The molecule has 2 aromatic rings. The number of aliphatic imine (C=N–C) groups is 1. The van der Waals surface area contributed by atoms with E-state index in [2.05, 4.69) is 31.1 Å². The first-order chi connectivity index (χ1) is 17.8. The second-order valence-electron chi connectivity index (χ2n) is 8.81. The van der Waals surface area contributed by atoms with Crippen molar-refractivity contribution in [2.24, 2.45) is 10.9 Å². The largest absolute Gasteiger partial charge is 0.481 e. The summed E-state index contributed by atoms with van der Waals surface area (Å²) in [7, 11) is 0. The number of carboxylic acids is 1. The predicted molar refractivity (Wildman–Crippen MR) is 140 cm³/mol. The number of halogens is 2. The van der Waals surface area contributed by atoms with Gasteiger partial charge in [0.1, 0.15) is 11.9 Å². The van der Waals surface area contributed by atoms with Crippen molar-refractivity contribution >= 4 is 45.0 Å². The molecule has 1 unspecified atom stereocenters. The molecular formula is C25H28BrFN4O5S. The Morgan fingerprint density at radius 2 is 2.24 bits per heavy atom. The van der Waals surface area contributed by atoms with E-state index in [0.717, 1.165) is 0 Å². The van der Waals surface area contributed by atoms with Crippen LogP contribution in [0.25, 0.3) is 0 Å². The molecule has 1 fully saturated rings. The SMILES string of the molecule is CCOC(=O)C1=C(CN2CCOC[C@H]2C(C)CC(=O)O)NC(c2nccs2)=N[C@H]1c1ccc(F)cc1Br. The number of benzene rings is 1. The van der Waals surface area contributed by atoms with Crippen molar-refractivity contribution < 1.29 is 28.6 Å². The van der Waals surface area contributed by atoms with Crippen LogP contribution < -0.4 is 5.32 Å². The van der Waals surface area contributed by atoms with Gasteiger partial charge < -0.3 is 19.9 Å². The first kappa shape index (κ1) is 27.4. The minimum Gasteiger partial charge on any atom is -0.481 e. The first-order valence-electron chi connectivity index (χ1n) is 11.9. The van der Waals surface area contributed by atoms with Crippen LogP contribution in [0.2, 0.25) is 0 Å². The number of rotatable bonds is 9. The lowest BCUT2D eigenvalue weighted by Gasteiger charge is -2.40. The molecule has 12 heteroatoms. The number of nitrogens with zero attached hydrogens (tertiary/aromatic N) is 3. The highest BCUT2D eigenvalue weighted by Gasteiger charge is 2.37. The smallest absolute Gasteiger partial charge is 0.338 e. The van der Waals surface area contributed by atoms with Crippen molar-refractivity contribution in [2.45, 2.75) is 32.4 Å². The van der Waals surface area contributed by atoms with Crippen molar-refractivity contribution in [2.75, 3.05) is 32.9 Å². The highest BCUT2D eigenvalue weighted by Crippen LogP contribution is 2.37. The van der Waals surface area contributed by atoms with Gasteiger partial charge in [-0.05, 0) is 30.5 Å². The number of thiazole rings is 1. The second kappa shape index (κ2) is 12.2. The topological polar surface area (TPSA) is 113 Å². The van der Waals surface area contributed by atoms with Crippen LogP contribution in [0.1, 0.15) is 36.9 Å². The fourth-order valence-electron chi connectivity index (χ4n) is 4.56. The van der Waals surface area contributed by atoms with Crippen LogP contribution in [-0.2, 0) is 19.1 Å². The summed E-state index contributed by atoms with van der Waals surface area (Å²) >= 11 is 4.84. The normalized spacial score (nSPS) is 21.2. The number of esters is 1. The molecule has 3 heterocycles. The summed E-state index contributed by atoms with van der Waals surface area (Å²) in [5.74, 6) is -1.51. The maximum absolute atomic E-state index is 13.9. The number of amidine groups is 1. The van der Waals surface area contributed by atoms with E-state index < -0.39 is 23.8 Å². The third-order valence-electron chi connectivity index (χ3n) is 6.31. The summed E-state index contributed by atoms with van der Waals surface area (Å²) < 4.78 is 25.5. The molecule has 1 saturated heterocycles. The molecule has 0 radical (unpaired) electrons. The molecule has 0 amide bonds. The van der Waals surface area contributed by atoms with Crippen LogP contribution in [0.15, 0.2) is 50.5 Å². The number of carboxylic acid groups (broad SMARTS) is 1. The molecule has 37 heavy (non-hydrogen) atoms. The molecule has 1 aromatic heterocycles. The van der Waals surface area contributed by atoms with Gasteiger partial charge in [0.05, 0.1) is 25.4 Å². The summed E-state index contributed by atoms with van der Waals surface area (Å²) in [6, 6.07) is 3.32. The Hall–Kier alpha value is -2.67. The summed E-state index contributed by atoms with van der Waals surface area (Å²) in [6.45, 7) is 5.53. The van der Waals surface area contributed by atoms with Gasteiger partial charge in [0.15, 0.2) is 10.8 Å². The van der Waals surface area contributed by atoms with Gasteiger partial charge in [-0.1, -0.05) is 28.9 Å².